The summed E-state index contributed by atoms with van der Waals surface area (Å²) in [6.45, 7) is 0. The molecule has 1 heterocycles. The first-order valence-electron chi connectivity index (χ1n) is 3.29. The van der Waals surface area contributed by atoms with Gasteiger partial charge in [-0.3, -0.25) is 0 Å². The summed E-state index contributed by atoms with van der Waals surface area (Å²) in [6.07, 6.45) is 0. The van der Waals surface area contributed by atoms with E-state index in [4.69, 9.17) is 5.73 Å². The number of rotatable bonds is 0. The molecule has 0 bridgehead atoms. The number of hydrogen-bond donors (Lipinski definition) is 2. The van der Waals surface area contributed by atoms with Crippen LogP contribution in [-0.2, 0) is 0 Å². The van der Waals surface area contributed by atoms with Crippen LogP contribution in [-0.4, -0.2) is 4.98 Å². The maximum absolute atomic E-state index is 5.57. The Balaban J connectivity index is 2.82. The van der Waals surface area contributed by atoms with Crippen molar-refractivity contribution in [1.82, 2.24) is 4.98 Å². The summed E-state index contributed by atoms with van der Waals surface area (Å²) in [5.41, 5.74) is 6.64. The van der Waals surface area contributed by atoms with Gasteiger partial charge in [0.2, 0.25) is 0 Å². The number of halogens is 1. The average molecular weight is 211 g/mol. The Morgan fingerprint density at radius 2 is 2.09 bits per heavy atom. The zero-order valence-corrected chi connectivity index (χ0v) is 7.35. The third kappa shape index (κ3) is 1.12. The summed E-state index contributed by atoms with van der Waals surface area (Å²) in [7, 11) is 0. The van der Waals surface area contributed by atoms with Crippen molar-refractivity contribution in [3.8, 4) is 0 Å². The first kappa shape index (κ1) is 6.73. The van der Waals surface area contributed by atoms with Crippen LogP contribution in [0.1, 0.15) is 0 Å². The van der Waals surface area contributed by atoms with Crippen LogP contribution >= 0.6 is 15.9 Å². The minimum Gasteiger partial charge on any atom is -0.385 e. The van der Waals surface area contributed by atoms with E-state index < -0.39 is 0 Å². The van der Waals surface area contributed by atoms with Gasteiger partial charge in [-0.05, 0) is 24.3 Å². The second kappa shape index (κ2) is 2.27. The Bertz CT molecular complexity index is 392. The van der Waals surface area contributed by atoms with Crippen molar-refractivity contribution < 1.29 is 0 Å². The highest BCUT2D eigenvalue weighted by Crippen LogP contribution is 2.20. The first-order valence-corrected chi connectivity index (χ1v) is 4.09. The van der Waals surface area contributed by atoms with Gasteiger partial charge in [-0.15, -0.1) is 0 Å². The summed E-state index contributed by atoms with van der Waals surface area (Å²) in [6, 6.07) is 7.93. The van der Waals surface area contributed by atoms with Crippen LogP contribution in [0.3, 0.4) is 0 Å². The largest absolute Gasteiger partial charge is 0.385 e. The molecule has 1 aromatic carbocycles. The molecule has 0 aliphatic heterocycles. The Morgan fingerprint density at radius 1 is 1.27 bits per heavy atom. The molecule has 1 aromatic heterocycles. The summed E-state index contributed by atoms with van der Waals surface area (Å²) in [5, 5.41) is 1.14. The van der Waals surface area contributed by atoms with Crippen LogP contribution in [0, 0.1) is 0 Å². The van der Waals surface area contributed by atoms with E-state index in [1.165, 1.54) is 0 Å². The Morgan fingerprint density at radius 3 is 2.91 bits per heavy atom. The van der Waals surface area contributed by atoms with Gasteiger partial charge in [-0.2, -0.15) is 0 Å². The minimum atomic E-state index is 0.707. The topological polar surface area (TPSA) is 41.8 Å². The van der Waals surface area contributed by atoms with Crippen LogP contribution in [0.2, 0.25) is 0 Å². The van der Waals surface area contributed by atoms with E-state index in [2.05, 4.69) is 20.9 Å². The third-order valence-corrected chi connectivity index (χ3v) is 2.10. The molecule has 2 aromatic rings. The molecule has 3 heteroatoms. The molecular formula is C8H7BrN2. The molecule has 0 saturated carbocycles. The van der Waals surface area contributed by atoms with Gasteiger partial charge in [-0.1, -0.05) is 15.9 Å². The maximum atomic E-state index is 5.57. The molecule has 0 spiro atoms. The van der Waals surface area contributed by atoms with Crippen LogP contribution in [0.5, 0.6) is 0 Å². The number of aromatic amines is 1. The molecule has 0 unspecified atom stereocenters. The molecule has 0 aliphatic rings. The highest BCUT2D eigenvalue weighted by atomic mass is 79.9. The molecule has 0 atom stereocenters. The standard InChI is InChI=1S/C8H7BrN2/c9-6-1-2-7-5(3-6)4-8(10)11-7/h1-4,11H,10H2. The zero-order valence-electron chi connectivity index (χ0n) is 5.76. The van der Waals surface area contributed by atoms with Crippen molar-refractivity contribution in [3.63, 3.8) is 0 Å². The van der Waals surface area contributed by atoms with Crippen molar-refractivity contribution in [2.75, 3.05) is 5.73 Å². The molecule has 2 nitrogen and oxygen atoms in total. The molecule has 56 valence electrons. The minimum absolute atomic E-state index is 0.707. The number of nitrogens with two attached hydrogens (primary N) is 1. The molecule has 0 radical (unpaired) electrons. The van der Waals surface area contributed by atoms with Gasteiger partial charge in [0.15, 0.2) is 0 Å². The van der Waals surface area contributed by atoms with E-state index in [-0.39, 0.29) is 0 Å². The lowest BCUT2D eigenvalue weighted by Gasteiger charge is -1.88. The predicted molar refractivity (Wildman–Crippen MR) is 50.4 cm³/mol. The lowest BCUT2D eigenvalue weighted by molar-refractivity contribution is 1.47. The Labute approximate surface area is 72.5 Å². The molecule has 0 amide bonds. The van der Waals surface area contributed by atoms with Crippen LogP contribution < -0.4 is 5.73 Å². The highest BCUT2D eigenvalue weighted by Gasteiger charge is 1.96. The van der Waals surface area contributed by atoms with Crippen LogP contribution in [0.15, 0.2) is 28.7 Å². The van der Waals surface area contributed by atoms with Gasteiger partial charge in [-0.25, -0.2) is 0 Å². The van der Waals surface area contributed by atoms with Crippen molar-refractivity contribution in [1.29, 1.82) is 0 Å². The maximum Gasteiger partial charge on any atom is 0.101 e. The molecule has 2 rings (SSSR count). The van der Waals surface area contributed by atoms with E-state index in [1.807, 2.05) is 24.3 Å². The fourth-order valence-corrected chi connectivity index (χ4v) is 1.50. The van der Waals surface area contributed by atoms with Crippen LogP contribution in [0.4, 0.5) is 5.82 Å². The van der Waals surface area contributed by atoms with Crippen LogP contribution in [0.25, 0.3) is 10.9 Å². The van der Waals surface area contributed by atoms with Gasteiger partial charge in [0, 0.05) is 15.4 Å². The summed E-state index contributed by atoms with van der Waals surface area (Å²) >= 11 is 3.39. The lowest BCUT2D eigenvalue weighted by Crippen LogP contribution is -1.80. The fraction of sp³-hybridized carbons (Fsp3) is 0. The summed E-state index contributed by atoms with van der Waals surface area (Å²) in [5.74, 6) is 0.707. The zero-order chi connectivity index (χ0) is 7.84. The number of H-pyrrole nitrogens is 1. The van der Waals surface area contributed by atoms with Gasteiger partial charge in [0.05, 0.1) is 0 Å². The monoisotopic (exact) mass is 210 g/mol. The Hall–Kier alpha value is -0.960. The molecule has 3 N–H and O–H groups in total. The molecule has 0 fully saturated rings. The van der Waals surface area contributed by atoms with Gasteiger partial charge in [0.25, 0.3) is 0 Å². The fourth-order valence-electron chi connectivity index (χ4n) is 1.13. The number of hydrogen-bond acceptors (Lipinski definition) is 1. The highest BCUT2D eigenvalue weighted by molar-refractivity contribution is 9.10. The van der Waals surface area contributed by atoms with E-state index in [1.54, 1.807) is 0 Å². The second-order valence-corrected chi connectivity index (χ2v) is 3.37. The molecule has 0 aliphatic carbocycles. The normalized spacial score (nSPS) is 10.6. The second-order valence-electron chi connectivity index (χ2n) is 2.46. The van der Waals surface area contributed by atoms with E-state index in [0.717, 1.165) is 15.4 Å². The van der Waals surface area contributed by atoms with Gasteiger partial charge >= 0.3 is 0 Å². The molecule has 11 heavy (non-hydrogen) atoms. The molecular weight excluding hydrogens is 204 g/mol. The third-order valence-electron chi connectivity index (χ3n) is 1.60. The first-order chi connectivity index (χ1) is 5.25. The van der Waals surface area contributed by atoms with E-state index in [0.29, 0.717) is 5.82 Å². The van der Waals surface area contributed by atoms with E-state index in [9.17, 15) is 0 Å². The van der Waals surface area contributed by atoms with Gasteiger partial charge in [0.1, 0.15) is 5.82 Å². The number of anilines is 1. The SMILES string of the molecule is Nc1cc2cc(Br)ccc2[nH]1. The van der Waals surface area contributed by atoms with E-state index >= 15 is 0 Å². The quantitative estimate of drug-likeness (QED) is 0.690. The smallest absolute Gasteiger partial charge is 0.101 e. The van der Waals surface area contributed by atoms with Crippen molar-refractivity contribution >= 4 is 32.7 Å². The average Bonchev–Trinajstić information content (AvgIpc) is 2.27. The Kier molecular flexibility index (Phi) is 1.39. The van der Waals surface area contributed by atoms with Crippen molar-refractivity contribution in [2.45, 2.75) is 0 Å². The molecule has 0 saturated heterocycles. The van der Waals surface area contributed by atoms with Crippen molar-refractivity contribution in [2.24, 2.45) is 0 Å². The number of benzene rings is 1. The predicted octanol–water partition coefficient (Wildman–Crippen LogP) is 2.51. The number of nitrogens with one attached hydrogen (secondary N) is 1. The van der Waals surface area contributed by atoms with Crippen molar-refractivity contribution in [3.05, 3.63) is 28.7 Å². The summed E-state index contributed by atoms with van der Waals surface area (Å²) < 4.78 is 1.07. The number of fused-ring (bicyclic) bond motifs is 1. The number of nitrogen functional groups attached to an aromatic ring is 1. The number of aromatic nitrogens is 1. The lowest BCUT2D eigenvalue weighted by atomic mass is 10.2. The summed E-state index contributed by atoms with van der Waals surface area (Å²) in [4.78, 5) is 3.04. The van der Waals surface area contributed by atoms with Gasteiger partial charge < -0.3 is 10.7 Å².